The molecule has 0 aliphatic heterocycles. The summed E-state index contributed by atoms with van der Waals surface area (Å²) in [5.74, 6) is 2.05. The summed E-state index contributed by atoms with van der Waals surface area (Å²) in [6.45, 7) is 5.04. The van der Waals surface area contributed by atoms with E-state index in [4.69, 9.17) is 9.47 Å². The van der Waals surface area contributed by atoms with E-state index < -0.39 is 0 Å². The van der Waals surface area contributed by atoms with Crippen molar-refractivity contribution >= 4 is 5.82 Å². The van der Waals surface area contributed by atoms with E-state index in [1.54, 1.807) is 7.11 Å². The van der Waals surface area contributed by atoms with Crippen LogP contribution in [-0.4, -0.2) is 30.2 Å². The van der Waals surface area contributed by atoms with Crippen LogP contribution < -0.4 is 10.1 Å². The first-order chi connectivity index (χ1) is 9.52. The van der Waals surface area contributed by atoms with Gasteiger partial charge in [-0.3, -0.25) is 0 Å². The normalized spacial score (nSPS) is 18.8. The molecule has 2 rings (SSSR count). The molecular weight excluding hydrogens is 254 g/mol. The van der Waals surface area contributed by atoms with Crippen LogP contribution in [0.25, 0.3) is 0 Å². The van der Waals surface area contributed by atoms with Gasteiger partial charge in [0, 0.05) is 20.2 Å². The first kappa shape index (κ1) is 15.0. The molecular formula is C15H25N3O2. The maximum atomic E-state index is 6.03. The molecule has 1 aromatic heterocycles. The number of hydrogen-bond acceptors (Lipinski definition) is 5. The van der Waals surface area contributed by atoms with Gasteiger partial charge in [-0.05, 0) is 31.1 Å². The minimum atomic E-state index is 0.262. The molecule has 0 spiro atoms. The Morgan fingerprint density at radius 2 is 2.00 bits per heavy atom. The summed E-state index contributed by atoms with van der Waals surface area (Å²) < 4.78 is 11.1. The van der Waals surface area contributed by atoms with Crippen molar-refractivity contribution in [3.63, 3.8) is 0 Å². The van der Waals surface area contributed by atoms with Crippen LogP contribution in [0.4, 0.5) is 5.82 Å². The van der Waals surface area contributed by atoms with Crippen LogP contribution in [0.3, 0.4) is 0 Å². The zero-order valence-corrected chi connectivity index (χ0v) is 12.9. The van der Waals surface area contributed by atoms with Crippen LogP contribution in [-0.2, 0) is 11.3 Å². The molecule has 0 atom stereocenters. The largest absolute Gasteiger partial charge is 0.474 e. The van der Waals surface area contributed by atoms with E-state index in [0.29, 0.717) is 23.7 Å². The van der Waals surface area contributed by atoms with Crippen LogP contribution >= 0.6 is 0 Å². The second-order valence-corrected chi connectivity index (χ2v) is 6.17. The number of ether oxygens (including phenoxy) is 2. The Bertz CT molecular complexity index is 439. The van der Waals surface area contributed by atoms with Crippen LogP contribution in [0.5, 0.6) is 5.88 Å². The fourth-order valence-electron chi connectivity index (χ4n) is 2.52. The fourth-order valence-corrected chi connectivity index (χ4v) is 2.52. The molecule has 5 heteroatoms. The number of nitrogens with one attached hydrogen (secondary N) is 1. The summed E-state index contributed by atoms with van der Waals surface area (Å²) in [6.07, 6.45) is 4.84. The molecule has 20 heavy (non-hydrogen) atoms. The molecule has 1 saturated carbocycles. The third-order valence-corrected chi connectivity index (χ3v) is 3.85. The maximum absolute atomic E-state index is 6.03. The monoisotopic (exact) mass is 279 g/mol. The van der Waals surface area contributed by atoms with E-state index >= 15 is 0 Å². The molecule has 0 bridgehead atoms. The van der Waals surface area contributed by atoms with Crippen molar-refractivity contribution in [1.29, 1.82) is 0 Å². The second kappa shape index (κ2) is 6.39. The van der Waals surface area contributed by atoms with Gasteiger partial charge in [0.05, 0.1) is 0 Å². The number of hydrogen-bond donors (Lipinski definition) is 1. The minimum Gasteiger partial charge on any atom is -0.474 e. The molecule has 0 aromatic carbocycles. The molecule has 1 aliphatic rings. The number of methoxy groups -OCH3 is 1. The van der Waals surface area contributed by atoms with Crippen molar-refractivity contribution in [3.8, 4) is 5.88 Å². The molecule has 1 fully saturated rings. The van der Waals surface area contributed by atoms with Crippen LogP contribution in [0.2, 0.25) is 0 Å². The summed E-state index contributed by atoms with van der Waals surface area (Å²) in [7, 11) is 3.48. The Labute approximate surface area is 121 Å². The summed E-state index contributed by atoms with van der Waals surface area (Å²) in [5.41, 5.74) is 0.447. The minimum absolute atomic E-state index is 0.262. The summed E-state index contributed by atoms with van der Waals surface area (Å²) in [5, 5.41) is 3.03. The Kier molecular flexibility index (Phi) is 4.81. The van der Waals surface area contributed by atoms with E-state index in [2.05, 4.69) is 29.1 Å². The van der Waals surface area contributed by atoms with Gasteiger partial charge in [0.15, 0.2) is 5.82 Å². The van der Waals surface area contributed by atoms with Crippen molar-refractivity contribution in [1.82, 2.24) is 9.97 Å². The third kappa shape index (κ3) is 4.07. The molecule has 0 amide bonds. The van der Waals surface area contributed by atoms with Crippen molar-refractivity contribution in [2.75, 3.05) is 19.5 Å². The first-order valence-corrected chi connectivity index (χ1v) is 7.24. The number of aromatic nitrogens is 2. The molecule has 0 unspecified atom stereocenters. The Morgan fingerprint density at radius 3 is 2.60 bits per heavy atom. The highest BCUT2D eigenvalue weighted by Gasteiger charge is 2.28. The quantitative estimate of drug-likeness (QED) is 0.898. The van der Waals surface area contributed by atoms with Gasteiger partial charge in [-0.2, -0.15) is 4.98 Å². The zero-order valence-electron chi connectivity index (χ0n) is 12.9. The highest BCUT2D eigenvalue weighted by Crippen LogP contribution is 2.36. The van der Waals surface area contributed by atoms with Crippen LogP contribution in [0, 0.1) is 5.41 Å². The van der Waals surface area contributed by atoms with E-state index in [1.165, 1.54) is 12.8 Å². The lowest BCUT2D eigenvalue weighted by Crippen LogP contribution is -2.28. The summed E-state index contributed by atoms with van der Waals surface area (Å²) in [4.78, 5) is 8.73. The predicted molar refractivity (Wildman–Crippen MR) is 79.0 cm³/mol. The molecule has 112 valence electrons. The molecule has 1 aliphatic carbocycles. The average Bonchev–Trinajstić information content (AvgIpc) is 2.41. The van der Waals surface area contributed by atoms with Gasteiger partial charge in [0.2, 0.25) is 5.88 Å². The molecule has 5 nitrogen and oxygen atoms in total. The molecule has 1 N–H and O–H groups in total. The van der Waals surface area contributed by atoms with E-state index in [-0.39, 0.29) is 6.10 Å². The van der Waals surface area contributed by atoms with E-state index in [0.717, 1.165) is 18.7 Å². The van der Waals surface area contributed by atoms with Crippen molar-refractivity contribution < 1.29 is 9.47 Å². The second-order valence-electron chi connectivity index (χ2n) is 6.17. The summed E-state index contributed by atoms with van der Waals surface area (Å²) >= 11 is 0. The third-order valence-electron chi connectivity index (χ3n) is 3.85. The predicted octanol–water partition coefficient (Wildman–Crippen LogP) is 3.01. The number of rotatable bonds is 5. The Morgan fingerprint density at radius 1 is 1.30 bits per heavy atom. The van der Waals surface area contributed by atoms with Gasteiger partial charge in [0.1, 0.15) is 18.5 Å². The maximum Gasteiger partial charge on any atom is 0.219 e. The molecule has 0 saturated heterocycles. The molecule has 0 radical (unpaired) electrons. The highest BCUT2D eigenvalue weighted by molar-refractivity contribution is 5.37. The number of nitrogens with zero attached hydrogens (tertiary/aromatic N) is 2. The summed E-state index contributed by atoms with van der Waals surface area (Å²) in [6, 6.07) is 1.85. The van der Waals surface area contributed by atoms with Gasteiger partial charge in [-0.15, -0.1) is 0 Å². The van der Waals surface area contributed by atoms with Crippen molar-refractivity contribution in [2.45, 2.75) is 52.2 Å². The van der Waals surface area contributed by atoms with Crippen molar-refractivity contribution in [2.24, 2.45) is 5.41 Å². The molecule has 1 heterocycles. The van der Waals surface area contributed by atoms with Gasteiger partial charge in [0.25, 0.3) is 0 Å². The number of anilines is 1. The van der Waals surface area contributed by atoms with Gasteiger partial charge in [-0.25, -0.2) is 4.98 Å². The topological polar surface area (TPSA) is 56.3 Å². The lowest BCUT2D eigenvalue weighted by Gasteiger charge is -2.34. The molecule has 1 aromatic rings. The van der Waals surface area contributed by atoms with Crippen LogP contribution in [0.1, 0.15) is 45.4 Å². The van der Waals surface area contributed by atoms with Gasteiger partial charge >= 0.3 is 0 Å². The van der Waals surface area contributed by atoms with Crippen molar-refractivity contribution in [3.05, 3.63) is 11.9 Å². The van der Waals surface area contributed by atoms with Gasteiger partial charge in [-0.1, -0.05) is 13.8 Å². The SMILES string of the molecule is CNc1cc(OC2CCC(C)(C)CC2)nc(COC)n1. The van der Waals surface area contributed by atoms with E-state index in [1.807, 2.05) is 13.1 Å². The smallest absolute Gasteiger partial charge is 0.219 e. The van der Waals surface area contributed by atoms with Crippen LogP contribution in [0.15, 0.2) is 6.07 Å². The average molecular weight is 279 g/mol. The fraction of sp³-hybridized carbons (Fsp3) is 0.733. The zero-order chi connectivity index (χ0) is 14.6. The standard InChI is InChI=1S/C15H25N3O2/c1-15(2)7-5-11(6-8-15)20-14-9-12(16-3)17-13(18-14)10-19-4/h9,11H,5-8,10H2,1-4H3,(H,16,17,18). The first-order valence-electron chi connectivity index (χ1n) is 7.24. The highest BCUT2D eigenvalue weighted by atomic mass is 16.5. The van der Waals surface area contributed by atoms with Gasteiger partial charge < -0.3 is 14.8 Å². The Balaban J connectivity index is 2.03. The Hall–Kier alpha value is -1.36. The van der Waals surface area contributed by atoms with E-state index in [9.17, 15) is 0 Å². The lowest BCUT2D eigenvalue weighted by molar-refractivity contribution is 0.0938. The lowest BCUT2D eigenvalue weighted by atomic mass is 9.76.